The zero-order valence-electron chi connectivity index (χ0n) is 9.03. The summed E-state index contributed by atoms with van der Waals surface area (Å²) >= 11 is 0. The first-order chi connectivity index (χ1) is 8.06. The molecular formula is C11H12N4O2. The lowest BCUT2D eigenvalue weighted by Crippen LogP contribution is -2.10. The number of amidine groups is 1. The molecular weight excluding hydrogens is 220 g/mol. The smallest absolute Gasteiger partial charge is 0.303 e. The van der Waals surface area contributed by atoms with Gasteiger partial charge in [-0.05, 0) is 18.2 Å². The van der Waals surface area contributed by atoms with Crippen molar-refractivity contribution in [3.8, 4) is 0 Å². The zero-order chi connectivity index (χ0) is 12.4. The number of nitrogens with zero attached hydrogens (tertiary/aromatic N) is 1. The lowest BCUT2D eigenvalue weighted by atomic mass is 10.2. The van der Waals surface area contributed by atoms with Crippen LogP contribution in [0.25, 0.3) is 11.0 Å². The normalized spacial score (nSPS) is 10.6. The summed E-state index contributed by atoms with van der Waals surface area (Å²) in [5.74, 6) is -0.236. The molecule has 1 aromatic carbocycles. The minimum Gasteiger partial charge on any atom is -0.481 e. The fourth-order valence-corrected chi connectivity index (χ4v) is 1.57. The SMILES string of the molecule is N=C(N)c1ccc2[nH]c(CCC(=O)O)nc2c1. The van der Waals surface area contributed by atoms with Gasteiger partial charge in [-0.1, -0.05) is 0 Å². The minimum atomic E-state index is -0.852. The molecule has 0 spiro atoms. The third-order valence-electron chi connectivity index (χ3n) is 2.42. The number of benzene rings is 1. The number of nitrogens with one attached hydrogen (secondary N) is 2. The van der Waals surface area contributed by atoms with Crippen LogP contribution >= 0.6 is 0 Å². The molecule has 6 nitrogen and oxygen atoms in total. The summed E-state index contributed by atoms with van der Waals surface area (Å²) in [4.78, 5) is 17.7. The van der Waals surface area contributed by atoms with E-state index in [4.69, 9.17) is 16.2 Å². The maximum absolute atomic E-state index is 10.4. The van der Waals surface area contributed by atoms with Crippen LogP contribution in [0, 0.1) is 5.41 Å². The van der Waals surface area contributed by atoms with Crippen LogP contribution in [-0.4, -0.2) is 26.9 Å². The Bertz CT molecular complexity index is 588. The standard InChI is InChI=1S/C11H12N4O2/c12-11(13)6-1-2-7-8(5-6)15-9(14-7)3-4-10(16)17/h1-2,5H,3-4H2,(H3,12,13)(H,14,15)(H,16,17). The molecule has 0 atom stereocenters. The number of rotatable bonds is 4. The van der Waals surface area contributed by atoms with E-state index in [2.05, 4.69) is 9.97 Å². The van der Waals surface area contributed by atoms with Crippen molar-refractivity contribution in [2.75, 3.05) is 0 Å². The molecule has 2 rings (SSSR count). The van der Waals surface area contributed by atoms with Crippen molar-refractivity contribution in [2.45, 2.75) is 12.8 Å². The third kappa shape index (κ3) is 2.41. The highest BCUT2D eigenvalue weighted by atomic mass is 16.4. The van der Waals surface area contributed by atoms with E-state index < -0.39 is 5.97 Å². The summed E-state index contributed by atoms with van der Waals surface area (Å²) in [6, 6.07) is 5.21. The van der Waals surface area contributed by atoms with Gasteiger partial charge in [-0.15, -0.1) is 0 Å². The number of nitrogen functional groups attached to an aromatic ring is 1. The van der Waals surface area contributed by atoms with Gasteiger partial charge in [0.25, 0.3) is 0 Å². The van der Waals surface area contributed by atoms with E-state index in [0.29, 0.717) is 23.3 Å². The number of carboxylic acids is 1. The van der Waals surface area contributed by atoms with Crippen LogP contribution < -0.4 is 5.73 Å². The topological polar surface area (TPSA) is 116 Å². The largest absolute Gasteiger partial charge is 0.481 e. The quantitative estimate of drug-likeness (QED) is 0.462. The van der Waals surface area contributed by atoms with Crippen molar-refractivity contribution in [1.82, 2.24) is 9.97 Å². The molecule has 1 heterocycles. The van der Waals surface area contributed by atoms with Gasteiger partial charge in [0.15, 0.2) is 0 Å². The van der Waals surface area contributed by atoms with Crippen molar-refractivity contribution < 1.29 is 9.90 Å². The van der Waals surface area contributed by atoms with Gasteiger partial charge in [0.1, 0.15) is 11.7 Å². The lowest BCUT2D eigenvalue weighted by Gasteiger charge is -1.95. The van der Waals surface area contributed by atoms with E-state index in [1.807, 2.05) is 0 Å². The summed E-state index contributed by atoms with van der Waals surface area (Å²) in [6.07, 6.45) is 0.402. The number of nitrogens with two attached hydrogens (primary N) is 1. The Morgan fingerprint density at radius 2 is 2.29 bits per heavy atom. The molecule has 0 radical (unpaired) electrons. The van der Waals surface area contributed by atoms with Crippen molar-refractivity contribution in [2.24, 2.45) is 5.73 Å². The molecule has 0 bridgehead atoms. The van der Waals surface area contributed by atoms with E-state index in [-0.39, 0.29) is 12.3 Å². The monoisotopic (exact) mass is 232 g/mol. The van der Waals surface area contributed by atoms with E-state index in [9.17, 15) is 4.79 Å². The Morgan fingerprint density at radius 1 is 1.53 bits per heavy atom. The van der Waals surface area contributed by atoms with Gasteiger partial charge >= 0.3 is 5.97 Å². The second-order valence-electron chi connectivity index (χ2n) is 3.72. The number of fused-ring (bicyclic) bond motifs is 1. The van der Waals surface area contributed by atoms with Crippen molar-refractivity contribution >= 4 is 22.8 Å². The number of aliphatic carboxylic acids is 1. The second-order valence-corrected chi connectivity index (χ2v) is 3.72. The first kappa shape index (κ1) is 11.1. The fourth-order valence-electron chi connectivity index (χ4n) is 1.57. The zero-order valence-corrected chi connectivity index (χ0v) is 9.03. The predicted molar refractivity (Wildman–Crippen MR) is 63.1 cm³/mol. The molecule has 0 fully saturated rings. The molecule has 1 aromatic heterocycles. The van der Waals surface area contributed by atoms with Gasteiger partial charge in [-0.3, -0.25) is 10.2 Å². The summed E-state index contributed by atoms with van der Waals surface area (Å²) in [5, 5.41) is 15.9. The molecule has 5 N–H and O–H groups in total. The number of carbonyl (C=O) groups is 1. The van der Waals surface area contributed by atoms with Crippen LogP contribution in [0.2, 0.25) is 0 Å². The number of H-pyrrole nitrogens is 1. The van der Waals surface area contributed by atoms with E-state index in [1.165, 1.54) is 0 Å². The Labute approximate surface area is 97.0 Å². The molecule has 0 unspecified atom stereocenters. The van der Waals surface area contributed by atoms with Crippen LogP contribution in [0.1, 0.15) is 17.8 Å². The molecule has 2 aromatic rings. The van der Waals surface area contributed by atoms with Crippen molar-refractivity contribution in [3.63, 3.8) is 0 Å². The van der Waals surface area contributed by atoms with Gasteiger partial charge in [-0.25, -0.2) is 4.98 Å². The van der Waals surface area contributed by atoms with Crippen LogP contribution in [0.5, 0.6) is 0 Å². The highest BCUT2D eigenvalue weighted by Gasteiger charge is 2.06. The summed E-state index contributed by atoms with van der Waals surface area (Å²) < 4.78 is 0. The average molecular weight is 232 g/mol. The molecule has 88 valence electrons. The Morgan fingerprint density at radius 3 is 2.94 bits per heavy atom. The van der Waals surface area contributed by atoms with Crippen LogP contribution in [0.15, 0.2) is 18.2 Å². The number of aromatic amines is 1. The van der Waals surface area contributed by atoms with E-state index in [1.54, 1.807) is 18.2 Å². The second kappa shape index (κ2) is 4.25. The number of hydrogen-bond acceptors (Lipinski definition) is 3. The van der Waals surface area contributed by atoms with Gasteiger partial charge in [0.2, 0.25) is 0 Å². The highest BCUT2D eigenvalue weighted by Crippen LogP contribution is 2.14. The lowest BCUT2D eigenvalue weighted by molar-refractivity contribution is -0.137. The number of hydrogen-bond donors (Lipinski definition) is 4. The Kier molecular flexibility index (Phi) is 2.78. The highest BCUT2D eigenvalue weighted by molar-refractivity contribution is 5.97. The summed E-state index contributed by atoms with van der Waals surface area (Å²) in [6.45, 7) is 0. The predicted octanol–water partition coefficient (Wildman–Crippen LogP) is 0.864. The molecule has 0 saturated heterocycles. The molecule has 0 aliphatic heterocycles. The Hall–Kier alpha value is -2.37. The number of aromatic nitrogens is 2. The summed E-state index contributed by atoms with van der Waals surface area (Å²) in [7, 11) is 0. The summed E-state index contributed by atoms with van der Waals surface area (Å²) in [5.41, 5.74) is 7.49. The first-order valence-electron chi connectivity index (χ1n) is 5.11. The van der Waals surface area contributed by atoms with Gasteiger partial charge < -0.3 is 15.8 Å². The molecule has 0 amide bonds. The van der Waals surface area contributed by atoms with Gasteiger partial charge in [-0.2, -0.15) is 0 Å². The van der Waals surface area contributed by atoms with Crippen LogP contribution in [-0.2, 0) is 11.2 Å². The van der Waals surface area contributed by atoms with Crippen molar-refractivity contribution in [3.05, 3.63) is 29.6 Å². The van der Waals surface area contributed by atoms with Gasteiger partial charge in [0.05, 0.1) is 17.5 Å². The average Bonchev–Trinajstić information content (AvgIpc) is 2.67. The van der Waals surface area contributed by atoms with E-state index >= 15 is 0 Å². The maximum Gasteiger partial charge on any atom is 0.303 e. The molecule has 0 aliphatic rings. The first-order valence-corrected chi connectivity index (χ1v) is 5.11. The third-order valence-corrected chi connectivity index (χ3v) is 2.42. The fraction of sp³-hybridized carbons (Fsp3) is 0.182. The van der Waals surface area contributed by atoms with Crippen molar-refractivity contribution in [1.29, 1.82) is 5.41 Å². The number of aryl methyl sites for hydroxylation is 1. The molecule has 0 aliphatic carbocycles. The molecule has 6 heteroatoms. The molecule has 17 heavy (non-hydrogen) atoms. The molecule has 0 saturated carbocycles. The number of imidazole rings is 1. The Balaban J connectivity index is 2.30. The van der Waals surface area contributed by atoms with Crippen LogP contribution in [0.3, 0.4) is 0 Å². The van der Waals surface area contributed by atoms with Crippen LogP contribution in [0.4, 0.5) is 0 Å². The minimum absolute atomic E-state index is 0.0121. The number of carboxylic acid groups (broad SMARTS) is 1. The maximum atomic E-state index is 10.4. The van der Waals surface area contributed by atoms with E-state index in [0.717, 1.165) is 5.52 Å². The van der Waals surface area contributed by atoms with Gasteiger partial charge in [0, 0.05) is 12.0 Å².